The van der Waals surface area contributed by atoms with Crippen molar-refractivity contribution in [2.24, 2.45) is 0 Å². The molecule has 0 aliphatic heterocycles. The van der Waals surface area contributed by atoms with Crippen molar-refractivity contribution in [3.63, 3.8) is 0 Å². The molecule has 1 unspecified atom stereocenters. The van der Waals surface area contributed by atoms with Gasteiger partial charge in [-0.15, -0.1) is 0 Å². The van der Waals surface area contributed by atoms with Gasteiger partial charge in [-0.05, 0) is 61.9 Å². The molecule has 2 aromatic carbocycles. The maximum absolute atomic E-state index is 12.8. The quantitative estimate of drug-likeness (QED) is 0.434. The summed E-state index contributed by atoms with van der Waals surface area (Å²) >= 11 is 6.37. The van der Waals surface area contributed by atoms with Gasteiger partial charge in [0.1, 0.15) is 11.5 Å². The largest absolute Gasteiger partial charge is 0.496 e. The lowest BCUT2D eigenvalue weighted by Gasteiger charge is -2.16. The minimum Gasteiger partial charge on any atom is -0.496 e. The molecule has 0 spiro atoms. The van der Waals surface area contributed by atoms with E-state index in [1.807, 2.05) is 13.0 Å². The van der Waals surface area contributed by atoms with Crippen LogP contribution in [-0.2, 0) is 22.5 Å². The first-order valence-electron chi connectivity index (χ1n) is 11.7. The molecule has 8 heteroatoms. The lowest BCUT2D eigenvalue weighted by molar-refractivity contribution is -0.150. The Bertz CT molecular complexity index is 989. The second-order valence-electron chi connectivity index (χ2n) is 8.40. The molecule has 1 saturated carbocycles. The van der Waals surface area contributed by atoms with E-state index in [2.05, 4.69) is 5.32 Å². The van der Waals surface area contributed by atoms with Crippen molar-refractivity contribution in [1.82, 2.24) is 5.32 Å². The Morgan fingerprint density at radius 2 is 1.94 bits per heavy atom. The molecule has 0 saturated heterocycles. The van der Waals surface area contributed by atoms with E-state index < -0.39 is 12.1 Å². The normalized spacial score (nSPS) is 14.6. The molecule has 0 bridgehead atoms. The number of halogens is 1. The second-order valence-corrected chi connectivity index (χ2v) is 8.80. The molecule has 34 heavy (non-hydrogen) atoms. The number of aliphatic carboxylic acids is 1. The lowest BCUT2D eigenvalue weighted by atomic mass is 10.0. The first kappa shape index (κ1) is 25.8. The summed E-state index contributed by atoms with van der Waals surface area (Å²) in [4.78, 5) is 24.3. The van der Waals surface area contributed by atoms with Crippen LogP contribution in [0.2, 0.25) is 5.02 Å². The van der Waals surface area contributed by atoms with Crippen LogP contribution in [0.3, 0.4) is 0 Å². The topological polar surface area (TPSA) is 94.1 Å². The SMILES string of the molecule is CCCOC(Cc1ccc(OC)c(CNC(=O)c2ccc(OC3CCCC3)cc2Cl)c1)C(=O)O. The van der Waals surface area contributed by atoms with Crippen LogP contribution in [0.25, 0.3) is 0 Å². The van der Waals surface area contributed by atoms with Gasteiger partial charge in [-0.25, -0.2) is 4.79 Å². The van der Waals surface area contributed by atoms with Gasteiger partial charge in [0.2, 0.25) is 0 Å². The molecule has 0 aromatic heterocycles. The van der Waals surface area contributed by atoms with Crippen LogP contribution < -0.4 is 14.8 Å². The van der Waals surface area contributed by atoms with Crippen LogP contribution in [0.1, 0.15) is 60.5 Å². The van der Waals surface area contributed by atoms with Crippen LogP contribution in [-0.4, -0.2) is 42.9 Å². The summed E-state index contributed by atoms with van der Waals surface area (Å²) in [7, 11) is 1.55. The zero-order valence-electron chi connectivity index (χ0n) is 19.6. The first-order chi connectivity index (χ1) is 16.4. The summed E-state index contributed by atoms with van der Waals surface area (Å²) in [6.45, 7) is 2.50. The molecule has 7 nitrogen and oxygen atoms in total. The van der Waals surface area contributed by atoms with Crippen molar-refractivity contribution in [1.29, 1.82) is 0 Å². The van der Waals surface area contributed by atoms with Gasteiger partial charge >= 0.3 is 5.97 Å². The minimum absolute atomic E-state index is 0.195. The third-order valence-electron chi connectivity index (χ3n) is 5.79. The Hall–Kier alpha value is -2.77. The van der Waals surface area contributed by atoms with Gasteiger partial charge in [0.05, 0.1) is 23.8 Å². The number of amides is 1. The number of hydrogen-bond acceptors (Lipinski definition) is 5. The Balaban J connectivity index is 1.65. The van der Waals surface area contributed by atoms with Crippen molar-refractivity contribution in [2.45, 2.75) is 64.2 Å². The number of hydrogen-bond donors (Lipinski definition) is 2. The summed E-state index contributed by atoms with van der Waals surface area (Å²) < 4.78 is 16.8. The van der Waals surface area contributed by atoms with Gasteiger partial charge in [0, 0.05) is 25.1 Å². The van der Waals surface area contributed by atoms with Crippen LogP contribution in [0, 0.1) is 0 Å². The molecule has 1 atom stereocenters. The molecule has 2 aromatic rings. The third-order valence-corrected chi connectivity index (χ3v) is 6.11. The number of methoxy groups -OCH3 is 1. The van der Waals surface area contributed by atoms with E-state index in [9.17, 15) is 14.7 Å². The molecule has 0 heterocycles. The molecule has 184 valence electrons. The highest BCUT2D eigenvalue weighted by molar-refractivity contribution is 6.34. The second kappa shape index (κ2) is 12.6. The Kier molecular flexibility index (Phi) is 9.60. The summed E-state index contributed by atoms with van der Waals surface area (Å²) in [5.74, 6) is -0.0633. The van der Waals surface area contributed by atoms with Crippen LogP contribution in [0.5, 0.6) is 11.5 Å². The van der Waals surface area contributed by atoms with Gasteiger partial charge in [-0.3, -0.25) is 4.79 Å². The minimum atomic E-state index is -1.01. The summed E-state index contributed by atoms with van der Waals surface area (Å²) in [6.07, 6.45) is 4.66. The van der Waals surface area contributed by atoms with E-state index in [0.29, 0.717) is 28.7 Å². The number of carboxylic acid groups (broad SMARTS) is 1. The molecule has 1 fully saturated rings. The highest BCUT2D eigenvalue weighted by atomic mass is 35.5. The fourth-order valence-electron chi connectivity index (χ4n) is 4.01. The van der Waals surface area contributed by atoms with Gasteiger partial charge in [-0.1, -0.05) is 30.7 Å². The number of rotatable bonds is 12. The van der Waals surface area contributed by atoms with Crippen molar-refractivity contribution < 1.29 is 28.9 Å². The molecule has 3 rings (SSSR count). The Morgan fingerprint density at radius 1 is 1.18 bits per heavy atom. The van der Waals surface area contributed by atoms with Crippen molar-refractivity contribution in [2.75, 3.05) is 13.7 Å². The summed E-state index contributed by atoms with van der Waals surface area (Å²) in [5, 5.41) is 12.6. The molecular formula is C26H32ClNO6. The zero-order chi connectivity index (χ0) is 24.5. The van der Waals surface area contributed by atoms with Gasteiger partial charge in [0.15, 0.2) is 6.10 Å². The first-order valence-corrected chi connectivity index (χ1v) is 12.0. The van der Waals surface area contributed by atoms with E-state index in [1.165, 1.54) is 12.8 Å². The van der Waals surface area contributed by atoms with Crippen molar-refractivity contribution >= 4 is 23.5 Å². The predicted octanol–water partition coefficient (Wildman–Crippen LogP) is 5.02. The lowest BCUT2D eigenvalue weighted by Crippen LogP contribution is -2.27. The third kappa shape index (κ3) is 7.11. The highest BCUT2D eigenvalue weighted by Gasteiger charge is 2.20. The number of benzene rings is 2. The number of ether oxygens (including phenoxy) is 3. The highest BCUT2D eigenvalue weighted by Crippen LogP contribution is 2.28. The fraction of sp³-hybridized carbons (Fsp3) is 0.462. The van der Waals surface area contributed by atoms with E-state index in [-0.39, 0.29) is 25.0 Å². The molecule has 0 radical (unpaired) electrons. The summed E-state index contributed by atoms with van der Waals surface area (Å²) in [6, 6.07) is 10.5. The van der Waals surface area contributed by atoms with Crippen LogP contribution in [0.4, 0.5) is 0 Å². The van der Waals surface area contributed by atoms with E-state index in [0.717, 1.165) is 30.4 Å². The maximum atomic E-state index is 12.8. The number of carboxylic acids is 1. The molecule has 1 aliphatic rings. The van der Waals surface area contributed by atoms with Crippen LogP contribution in [0.15, 0.2) is 36.4 Å². The predicted molar refractivity (Wildman–Crippen MR) is 130 cm³/mol. The number of carbonyl (C=O) groups is 2. The molecule has 2 N–H and O–H groups in total. The fourth-order valence-corrected chi connectivity index (χ4v) is 4.27. The smallest absolute Gasteiger partial charge is 0.333 e. The molecular weight excluding hydrogens is 458 g/mol. The van der Waals surface area contributed by atoms with Crippen molar-refractivity contribution in [3.05, 3.63) is 58.1 Å². The number of carbonyl (C=O) groups excluding carboxylic acids is 1. The van der Waals surface area contributed by atoms with Crippen LogP contribution >= 0.6 is 11.6 Å². The number of nitrogens with one attached hydrogen (secondary N) is 1. The maximum Gasteiger partial charge on any atom is 0.333 e. The van der Waals surface area contributed by atoms with Crippen molar-refractivity contribution in [3.8, 4) is 11.5 Å². The Labute approximate surface area is 205 Å². The van der Waals surface area contributed by atoms with Gasteiger partial charge in [-0.2, -0.15) is 0 Å². The summed E-state index contributed by atoms with van der Waals surface area (Å²) in [5.41, 5.74) is 1.86. The van der Waals surface area contributed by atoms with E-state index in [1.54, 1.807) is 37.4 Å². The average molecular weight is 490 g/mol. The zero-order valence-corrected chi connectivity index (χ0v) is 20.4. The average Bonchev–Trinajstić information content (AvgIpc) is 3.33. The molecule has 1 amide bonds. The standard InChI is InChI=1S/C26H32ClNO6/c1-3-12-33-24(26(30)31)14-17-8-11-23(32-2)18(13-17)16-28-25(29)21-10-9-20(15-22(21)27)34-19-6-4-5-7-19/h8-11,13,15,19,24H,3-7,12,14,16H2,1-2H3,(H,28,29)(H,30,31). The van der Waals surface area contributed by atoms with Gasteiger partial charge < -0.3 is 24.6 Å². The van der Waals surface area contributed by atoms with E-state index >= 15 is 0 Å². The molecule has 1 aliphatic carbocycles. The Morgan fingerprint density at radius 3 is 2.59 bits per heavy atom. The van der Waals surface area contributed by atoms with E-state index in [4.69, 9.17) is 25.8 Å². The monoisotopic (exact) mass is 489 g/mol. The van der Waals surface area contributed by atoms with Gasteiger partial charge in [0.25, 0.3) is 5.91 Å².